The Morgan fingerprint density at radius 1 is 1.67 bits per heavy atom. The third-order valence-electron chi connectivity index (χ3n) is 2.08. The van der Waals surface area contributed by atoms with E-state index in [1.165, 1.54) is 0 Å². The van der Waals surface area contributed by atoms with Gasteiger partial charge in [-0.25, -0.2) is 0 Å². The van der Waals surface area contributed by atoms with Gasteiger partial charge in [0.25, 0.3) is 0 Å². The van der Waals surface area contributed by atoms with Gasteiger partial charge in [0.05, 0.1) is 22.3 Å². The van der Waals surface area contributed by atoms with Gasteiger partial charge in [-0.1, -0.05) is 12.2 Å². The van der Waals surface area contributed by atoms with Crippen LogP contribution in [0.1, 0.15) is 12.6 Å². The number of thiocarbonyl (C=S) groups is 1. The molecule has 15 heavy (non-hydrogen) atoms. The Bertz CT molecular complexity index is 392. The lowest BCUT2D eigenvalue weighted by molar-refractivity contribution is -0.117. The fraction of sp³-hybridized carbons (Fsp3) is 0.300. The summed E-state index contributed by atoms with van der Waals surface area (Å²) in [7, 11) is 0. The van der Waals surface area contributed by atoms with E-state index in [1.807, 2.05) is 6.92 Å². The molecule has 0 aliphatic heterocycles. The Hall–Kier alpha value is -1.49. The number of hydrogen-bond donors (Lipinski definition) is 2. The first-order valence-corrected chi connectivity index (χ1v) is 4.95. The third kappa shape index (κ3) is 2.99. The Kier molecular flexibility index (Phi) is 3.74. The largest absolute Gasteiger partial charge is 0.393 e. The predicted molar refractivity (Wildman–Crippen MR) is 63.6 cm³/mol. The molecule has 1 rings (SSSR count). The van der Waals surface area contributed by atoms with E-state index in [2.05, 4.69) is 10.3 Å². The number of hydrogen-bond acceptors (Lipinski definition) is 3. The van der Waals surface area contributed by atoms with Crippen LogP contribution in [0.15, 0.2) is 18.3 Å². The van der Waals surface area contributed by atoms with Gasteiger partial charge in [0.2, 0.25) is 5.91 Å². The van der Waals surface area contributed by atoms with Gasteiger partial charge in [-0.15, -0.1) is 0 Å². The zero-order valence-corrected chi connectivity index (χ0v) is 9.47. The number of rotatable bonds is 3. The molecule has 4 nitrogen and oxygen atoms in total. The molecular formula is C10H13N3OS. The molecule has 1 unspecified atom stereocenters. The number of carbonyl (C=O) groups excluding carboxylic acids is 1. The lowest BCUT2D eigenvalue weighted by atomic mass is 10.1. The Balaban J connectivity index is 2.75. The van der Waals surface area contributed by atoms with E-state index in [-0.39, 0.29) is 10.9 Å². The molecule has 0 spiro atoms. The number of anilines is 1. The average Bonchev–Trinajstić information content (AvgIpc) is 2.20. The van der Waals surface area contributed by atoms with E-state index in [4.69, 9.17) is 18.0 Å². The number of pyridine rings is 1. The number of carbonyl (C=O) groups is 1. The van der Waals surface area contributed by atoms with Crippen molar-refractivity contribution < 1.29 is 4.79 Å². The smallest absolute Gasteiger partial charge is 0.234 e. The number of aromatic nitrogens is 1. The normalized spacial score (nSPS) is 11.9. The van der Waals surface area contributed by atoms with Gasteiger partial charge in [-0.3, -0.25) is 9.78 Å². The second-order valence-electron chi connectivity index (χ2n) is 3.25. The van der Waals surface area contributed by atoms with Crippen LogP contribution in [0.2, 0.25) is 0 Å². The van der Waals surface area contributed by atoms with E-state index in [0.29, 0.717) is 5.69 Å². The van der Waals surface area contributed by atoms with E-state index < -0.39 is 5.92 Å². The molecular weight excluding hydrogens is 210 g/mol. The molecule has 80 valence electrons. The van der Waals surface area contributed by atoms with Crippen molar-refractivity contribution in [2.75, 3.05) is 5.32 Å². The molecule has 5 heteroatoms. The van der Waals surface area contributed by atoms with Crippen LogP contribution in [-0.4, -0.2) is 15.9 Å². The van der Waals surface area contributed by atoms with Crippen molar-refractivity contribution >= 4 is 28.8 Å². The van der Waals surface area contributed by atoms with Crippen LogP contribution in [0.4, 0.5) is 5.69 Å². The highest BCUT2D eigenvalue weighted by Crippen LogP contribution is 2.11. The topological polar surface area (TPSA) is 68.0 Å². The molecule has 0 aliphatic carbocycles. The summed E-state index contributed by atoms with van der Waals surface area (Å²) in [5, 5.41) is 2.72. The van der Waals surface area contributed by atoms with E-state index in [9.17, 15) is 4.79 Å². The molecule has 0 bridgehead atoms. The Morgan fingerprint density at radius 2 is 2.33 bits per heavy atom. The minimum atomic E-state index is -0.473. The summed E-state index contributed by atoms with van der Waals surface area (Å²) in [6.45, 7) is 3.49. The lowest BCUT2D eigenvalue weighted by Gasteiger charge is -2.11. The van der Waals surface area contributed by atoms with Crippen LogP contribution < -0.4 is 11.1 Å². The maximum absolute atomic E-state index is 11.6. The summed E-state index contributed by atoms with van der Waals surface area (Å²) in [6, 6.07) is 3.54. The highest BCUT2D eigenvalue weighted by atomic mass is 32.1. The van der Waals surface area contributed by atoms with Gasteiger partial charge < -0.3 is 11.1 Å². The fourth-order valence-electron chi connectivity index (χ4n) is 0.987. The molecule has 0 fully saturated rings. The summed E-state index contributed by atoms with van der Waals surface area (Å²) in [6.07, 6.45) is 1.67. The van der Waals surface area contributed by atoms with Crippen LogP contribution in [0.25, 0.3) is 0 Å². The molecule has 0 radical (unpaired) electrons. The molecule has 1 heterocycles. The molecule has 3 N–H and O–H groups in total. The quantitative estimate of drug-likeness (QED) is 0.757. The predicted octanol–water partition coefficient (Wildman–Crippen LogP) is 1.25. The van der Waals surface area contributed by atoms with Crippen molar-refractivity contribution in [3.63, 3.8) is 0 Å². The fourth-order valence-corrected chi connectivity index (χ4v) is 1.09. The molecule has 0 saturated carbocycles. The first-order chi connectivity index (χ1) is 7.02. The maximum Gasteiger partial charge on any atom is 0.234 e. The van der Waals surface area contributed by atoms with Crippen molar-refractivity contribution in [3.05, 3.63) is 24.0 Å². The van der Waals surface area contributed by atoms with Crippen LogP contribution >= 0.6 is 12.2 Å². The Labute approximate surface area is 93.9 Å². The van der Waals surface area contributed by atoms with Gasteiger partial charge in [-0.2, -0.15) is 0 Å². The zero-order chi connectivity index (χ0) is 11.4. The van der Waals surface area contributed by atoms with Crippen LogP contribution in [0, 0.1) is 12.8 Å². The standard InChI is InChI=1S/C10H13N3OS/c1-6(9(11)15)10(14)13-8-4-3-5-12-7(8)2/h3-6H,1-2H3,(H2,11,15)(H,13,14). The van der Waals surface area contributed by atoms with Crippen molar-refractivity contribution in [2.24, 2.45) is 11.7 Å². The van der Waals surface area contributed by atoms with Gasteiger partial charge in [0, 0.05) is 6.20 Å². The molecule has 1 amide bonds. The van der Waals surface area contributed by atoms with Crippen molar-refractivity contribution in [2.45, 2.75) is 13.8 Å². The van der Waals surface area contributed by atoms with Crippen molar-refractivity contribution in [3.8, 4) is 0 Å². The van der Waals surface area contributed by atoms with Gasteiger partial charge in [-0.05, 0) is 26.0 Å². The molecule has 0 saturated heterocycles. The van der Waals surface area contributed by atoms with E-state index in [0.717, 1.165) is 5.69 Å². The summed E-state index contributed by atoms with van der Waals surface area (Å²) >= 11 is 4.74. The Morgan fingerprint density at radius 3 is 2.87 bits per heavy atom. The second kappa shape index (κ2) is 4.84. The van der Waals surface area contributed by atoms with Crippen LogP contribution in [-0.2, 0) is 4.79 Å². The van der Waals surface area contributed by atoms with Crippen LogP contribution in [0.3, 0.4) is 0 Å². The highest BCUT2D eigenvalue weighted by molar-refractivity contribution is 7.80. The van der Waals surface area contributed by atoms with Gasteiger partial charge in [0.15, 0.2) is 0 Å². The van der Waals surface area contributed by atoms with Crippen molar-refractivity contribution in [1.29, 1.82) is 0 Å². The molecule has 0 aromatic carbocycles. The monoisotopic (exact) mass is 223 g/mol. The number of nitrogens with zero attached hydrogens (tertiary/aromatic N) is 1. The summed E-state index contributed by atoms with van der Waals surface area (Å²) < 4.78 is 0. The lowest BCUT2D eigenvalue weighted by Crippen LogP contribution is -2.31. The SMILES string of the molecule is Cc1ncccc1NC(=O)C(C)C(N)=S. The number of amides is 1. The van der Waals surface area contributed by atoms with Gasteiger partial charge in [0.1, 0.15) is 0 Å². The summed E-state index contributed by atoms with van der Waals surface area (Å²) in [5.74, 6) is -0.682. The van der Waals surface area contributed by atoms with Crippen molar-refractivity contribution in [1.82, 2.24) is 4.98 Å². The second-order valence-corrected chi connectivity index (χ2v) is 3.72. The first kappa shape index (κ1) is 11.6. The number of nitrogens with one attached hydrogen (secondary N) is 1. The van der Waals surface area contributed by atoms with E-state index >= 15 is 0 Å². The minimum absolute atomic E-state index is 0.189. The third-order valence-corrected chi connectivity index (χ3v) is 2.44. The zero-order valence-electron chi connectivity index (χ0n) is 8.65. The molecule has 1 atom stereocenters. The van der Waals surface area contributed by atoms with E-state index in [1.54, 1.807) is 25.3 Å². The highest BCUT2D eigenvalue weighted by Gasteiger charge is 2.16. The first-order valence-electron chi connectivity index (χ1n) is 4.54. The molecule has 1 aromatic heterocycles. The molecule has 1 aromatic rings. The minimum Gasteiger partial charge on any atom is -0.393 e. The maximum atomic E-state index is 11.6. The van der Waals surface area contributed by atoms with Crippen LogP contribution in [0.5, 0.6) is 0 Å². The number of nitrogens with two attached hydrogens (primary N) is 1. The van der Waals surface area contributed by atoms with Gasteiger partial charge >= 0.3 is 0 Å². The summed E-state index contributed by atoms with van der Waals surface area (Å²) in [5.41, 5.74) is 6.83. The summed E-state index contributed by atoms with van der Waals surface area (Å²) in [4.78, 5) is 15.8. The number of aryl methyl sites for hydroxylation is 1. The molecule has 0 aliphatic rings. The average molecular weight is 223 g/mol.